The molecule has 0 bridgehead atoms. The lowest BCUT2D eigenvalue weighted by Gasteiger charge is -2.15. The van der Waals surface area contributed by atoms with Gasteiger partial charge in [-0.15, -0.1) is 0 Å². The molecule has 0 saturated heterocycles. The Bertz CT molecular complexity index is 1950. The molecule has 0 N–H and O–H groups in total. The number of fused-ring (bicyclic) bond motifs is 3. The fourth-order valence-electron chi connectivity index (χ4n) is 3.92. The van der Waals surface area contributed by atoms with Gasteiger partial charge < -0.3 is 0 Å². The van der Waals surface area contributed by atoms with Gasteiger partial charge in [0.05, 0.1) is 33.4 Å². The van der Waals surface area contributed by atoms with Crippen LogP contribution in [0.25, 0.3) is 38.9 Å². The van der Waals surface area contributed by atoms with Crippen LogP contribution in [0.15, 0.2) is 75.5 Å². The number of rotatable bonds is 3. The maximum atomic E-state index is 13.4. The first-order chi connectivity index (χ1) is 17.4. The number of pyridine rings is 3. The fraction of sp³-hybridized carbons (Fsp3) is 0.125. The second-order valence-electron chi connectivity index (χ2n) is 8.27. The average molecular weight is 527 g/mol. The minimum Gasteiger partial charge on any atom is -0.268 e. The summed E-state index contributed by atoms with van der Waals surface area (Å²) >= 11 is 0. The molecule has 9 nitrogen and oxygen atoms in total. The minimum atomic E-state index is -4.66. The van der Waals surface area contributed by atoms with Gasteiger partial charge in [-0.1, -0.05) is 6.07 Å². The van der Waals surface area contributed by atoms with Crippen LogP contribution in [0.4, 0.5) is 13.2 Å². The third-order valence-corrected chi connectivity index (χ3v) is 6.77. The Kier molecular flexibility index (Phi) is 5.48. The Labute approximate surface area is 206 Å². The van der Waals surface area contributed by atoms with E-state index in [2.05, 4.69) is 15.0 Å². The van der Waals surface area contributed by atoms with Gasteiger partial charge >= 0.3 is 11.9 Å². The summed E-state index contributed by atoms with van der Waals surface area (Å²) in [5.41, 5.74) is -1.53. The molecule has 188 valence electrons. The molecule has 37 heavy (non-hydrogen) atoms. The Hall–Kier alpha value is -4.39. The zero-order chi connectivity index (χ0) is 26.7. The SMILES string of the molecule is Cn1c(=O)c2cnc3ccc(-c4ccc(S(C)(=O)=O)nc4)nc3c2n(-c2cccc(C(F)(F)F)c2)c1=O. The predicted molar refractivity (Wildman–Crippen MR) is 129 cm³/mol. The second-order valence-corrected chi connectivity index (χ2v) is 10.2. The van der Waals surface area contributed by atoms with Crippen molar-refractivity contribution in [1.82, 2.24) is 24.1 Å². The summed E-state index contributed by atoms with van der Waals surface area (Å²) in [5, 5.41) is -0.159. The molecule has 1 aromatic carbocycles. The van der Waals surface area contributed by atoms with Gasteiger partial charge in [0.2, 0.25) is 0 Å². The van der Waals surface area contributed by atoms with E-state index in [1.807, 2.05) is 0 Å². The van der Waals surface area contributed by atoms with Gasteiger partial charge in [0.25, 0.3) is 5.56 Å². The lowest BCUT2D eigenvalue weighted by atomic mass is 10.1. The summed E-state index contributed by atoms with van der Waals surface area (Å²) in [6, 6.07) is 10.1. The number of nitrogens with zero attached hydrogens (tertiary/aromatic N) is 5. The van der Waals surface area contributed by atoms with Crippen molar-refractivity contribution in [2.45, 2.75) is 11.2 Å². The van der Waals surface area contributed by atoms with E-state index in [1.165, 1.54) is 43.7 Å². The second kappa shape index (κ2) is 8.34. The van der Waals surface area contributed by atoms with Crippen LogP contribution in [0.1, 0.15) is 5.56 Å². The number of halogens is 3. The smallest absolute Gasteiger partial charge is 0.268 e. The average Bonchev–Trinajstić information content (AvgIpc) is 2.86. The number of sulfone groups is 1. The van der Waals surface area contributed by atoms with Gasteiger partial charge in [0.1, 0.15) is 5.52 Å². The monoisotopic (exact) mass is 527 g/mol. The largest absolute Gasteiger partial charge is 0.416 e. The molecule has 4 aromatic heterocycles. The van der Waals surface area contributed by atoms with Crippen LogP contribution in [0.5, 0.6) is 0 Å². The summed E-state index contributed by atoms with van der Waals surface area (Å²) in [6.07, 6.45) is -1.08. The van der Waals surface area contributed by atoms with Gasteiger partial charge in [0.15, 0.2) is 14.9 Å². The third-order valence-electron chi connectivity index (χ3n) is 5.77. The van der Waals surface area contributed by atoms with Crippen LogP contribution in [-0.2, 0) is 23.1 Å². The molecular formula is C24H16F3N5O4S. The molecular weight excluding hydrogens is 511 g/mol. The Morgan fingerprint density at radius 2 is 1.70 bits per heavy atom. The van der Waals surface area contributed by atoms with E-state index < -0.39 is 32.8 Å². The van der Waals surface area contributed by atoms with E-state index in [-0.39, 0.29) is 32.6 Å². The molecule has 0 atom stereocenters. The number of hydrogen-bond acceptors (Lipinski definition) is 7. The summed E-state index contributed by atoms with van der Waals surface area (Å²) in [5.74, 6) is 0. The van der Waals surface area contributed by atoms with Crippen molar-refractivity contribution >= 4 is 31.8 Å². The van der Waals surface area contributed by atoms with Crippen molar-refractivity contribution in [3.05, 3.63) is 87.3 Å². The van der Waals surface area contributed by atoms with E-state index in [1.54, 1.807) is 12.1 Å². The highest BCUT2D eigenvalue weighted by Gasteiger charge is 2.31. The molecule has 0 unspecified atom stereocenters. The molecule has 5 rings (SSSR count). The molecule has 4 heterocycles. The molecule has 0 aliphatic heterocycles. The minimum absolute atomic E-state index is 0.0139. The highest BCUT2D eigenvalue weighted by Crippen LogP contribution is 2.31. The zero-order valence-electron chi connectivity index (χ0n) is 19.2. The first kappa shape index (κ1) is 24.3. The normalized spacial score (nSPS) is 12.4. The standard InChI is InChI=1S/C24H16F3N5O4S/c1-31-22(33)16-12-28-18-8-7-17(13-6-9-19(29-11-13)37(2,35)36)30-20(18)21(16)32(23(31)34)15-5-3-4-14(10-15)24(25,26)27/h3-12H,1-2H3. The van der Waals surface area contributed by atoms with Gasteiger partial charge in [0, 0.05) is 31.3 Å². The van der Waals surface area contributed by atoms with Crippen molar-refractivity contribution in [2.24, 2.45) is 7.05 Å². The topological polar surface area (TPSA) is 117 Å². The summed E-state index contributed by atoms with van der Waals surface area (Å²) in [4.78, 5) is 38.9. The third kappa shape index (κ3) is 4.16. The van der Waals surface area contributed by atoms with E-state index in [4.69, 9.17) is 0 Å². The van der Waals surface area contributed by atoms with Crippen LogP contribution in [0.2, 0.25) is 0 Å². The van der Waals surface area contributed by atoms with E-state index in [0.29, 0.717) is 11.3 Å². The lowest BCUT2D eigenvalue weighted by Crippen LogP contribution is -2.37. The summed E-state index contributed by atoms with van der Waals surface area (Å²) in [7, 11) is -2.31. The van der Waals surface area contributed by atoms with Gasteiger partial charge in [-0.3, -0.25) is 18.9 Å². The molecule has 0 amide bonds. The number of alkyl halides is 3. The number of benzene rings is 1. The van der Waals surface area contributed by atoms with Crippen LogP contribution >= 0.6 is 0 Å². The molecule has 13 heteroatoms. The molecule has 0 radical (unpaired) electrons. The van der Waals surface area contributed by atoms with Crippen molar-refractivity contribution < 1.29 is 21.6 Å². The van der Waals surface area contributed by atoms with Crippen LogP contribution in [0.3, 0.4) is 0 Å². The summed E-state index contributed by atoms with van der Waals surface area (Å²) < 4.78 is 65.5. The van der Waals surface area contributed by atoms with Crippen LogP contribution in [-0.4, -0.2) is 38.8 Å². The highest BCUT2D eigenvalue weighted by molar-refractivity contribution is 7.90. The lowest BCUT2D eigenvalue weighted by molar-refractivity contribution is -0.137. The quantitative estimate of drug-likeness (QED) is 0.331. The van der Waals surface area contributed by atoms with Gasteiger partial charge in [-0.25, -0.2) is 23.2 Å². The maximum absolute atomic E-state index is 13.4. The maximum Gasteiger partial charge on any atom is 0.416 e. The van der Waals surface area contributed by atoms with Gasteiger partial charge in [-0.2, -0.15) is 13.2 Å². The Balaban J connectivity index is 1.85. The van der Waals surface area contributed by atoms with E-state index in [9.17, 15) is 31.2 Å². The number of aromatic nitrogens is 5. The van der Waals surface area contributed by atoms with E-state index in [0.717, 1.165) is 27.5 Å². The predicted octanol–water partition coefficient (Wildman–Crippen LogP) is 3.12. The Morgan fingerprint density at radius 1 is 0.946 bits per heavy atom. The highest BCUT2D eigenvalue weighted by atomic mass is 32.2. The molecule has 0 aliphatic rings. The van der Waals surface area contributed by atoms with Gasteiger partial charge in [-0.05, 0) is 42.5 Å². The summed E-state index contributed by atoms with van der Waals surface area (Å²) in [6.45, 7) is 0. The molecule has 0 saturated carbocycles. The van der Waals surface area contributed by atoms with Crippen molar-refractivity contribution in [1.29, 1.82) is 0 Å². The molecule has 0 fully saturated rings. The first-order valence-electron chi connectivity index (χ1n) is 10.6. The molecule has 0 aliphatic carbocycles. The van der Waals surface area contributed by atoms with Crippen molar-refractivity contribution in [3.8, 4) is 16.9 Å². The number of hydrogen-bond donors (Lipinski definition) is 0. The van der Waals surface area contributed by atoms with Crippen molar-refractivity contribution in [2.75, 3.05) is 6.26 Å². The van der Waals surface area contributed by atoms with E-state index >= 15 is 0 Å². The fourth-order valence-corrected chi connectivity index (χ4v) is 4.48. The molecule has 0 spiro atoms. The van der Waals surface area contributed by atoms with Crippen LogP contribution < -0.4 is 11.2 Å². The van der Waals surface area contributed by atoms with Crippen molar-refractivity contribution in [3.63, 3.8) is 0 Å². The van der Waals surface area contributed by atoms with Crippen LogP contribution in [0, 0.1) is 0 Å². The molecule has 5 aromatic rings. The Morgan fingerprint density at radius 3 is 2.35 bits per heavy atom. The first-order valence-corrected chi connectivity index (χ1v) is 12.5. The zero-order valence-corrected chi connectivity index (χ0v) is 20.0.